The SMILES string of the molecule is CC(C)c1cc(COC2CCCCO2)[nH]n1. The molecule has 1 atom stereocenters. The number of aromatic nitrogens is 2. The lowest BCUT2D eigenvalue weighted by Gasteiger charge is -2.22. The summed E-state index contributed by atoms with van der Waals surface area (Å²) in [6, 6.07) is 2.06. The number of nitrogens with zero attached hydrogens (tertiary/aromatic N) is 1. The van der Waals surface area contributed by atoms with E-state index in [4.69, 9.17) is 9.47 Å². The quantitative estimate of drug-likeness (QED) is 0.855. The Morgan fingerprint density at radius 2 is 2.44 bits per heavy atom. The molecule has 0 spiro atoms. The summed E-state index contributed by atoms with van der Waals surface area (Å²) in [5.74, 6) is 0.455. The summed E-state index contributed by atoms with van der Waals surface area (Å²) < 4.78 is 11.2. The van der Waals surface area contributed by atoms with E-state index in [0.717, 1.165) is 30.8 Å². The van der Waals surface area contributed by atoms with Gasteiger partial charge in [-0.2, -0.15) is 5.10 Å². The average Bonchev–Trinajstić information content (AvgIpc) is 2.76. The molecule has 1 aliphatic heterocycles. The fourth-order valence-corrected chi connectivity index (χ4v) is 1.77. The molecule has 1 aliphatic rings. The van der Waals surface area contributed by atoms with Gasteiger partial charge in [-0.25, -0.2) is 0 Å². The predicted octanol–water partition coefficient (Wildman–Crippen LogP) is 2.58. The molecule has 1 aromatic rings. The smallest absolute Gasteiger partial charge is 0.158 e. The van der Waals surface area contributed by atoms with Crippen LogP contribution in [0, 0.1) is 0 Å². The number of ether oxygens (including phenoxy) is 2. The van der Waals surface area contributed by atoms with Gasteiger partial charge >= 0.3 is 0 Å². The van der Waals surface area contributed by atoms with Crippen molar-refractivity contribution in [1.29, 1.82) is 0 Å². The van der Waals surface area contributed by atoms with Crippen molar-refractivity contribution in [1.82, 2.24) is 10.2 Å². The minimum Gasteiger partial charge on any atom is -0.353 e. The van der Waals surface area contributed by atoms with Gasteiger partial charge in [-0.15, -0.1) is 0 Å². The first kappa shape index (κ1) is 11.6. The molecular weight excluding hydrogens is 204 g/mol. The van der Waals surface area contributed by atoms with Gasteiger partial charge in [-0.1, -0.05) is 13.8 Å². The summed E-state index contributed by atoms with van der Waals surface area (Å²) in [5, 5.41) is 7.23. The number of hydrogen-bond acceptors (Lipinski definition) is 3. The standard InChI is InChI=1S/C12H20N2O2/c1-9(2)11-7-10(13-14-11)8-16-12-5-3-4-6-15-12/h7,9,12H,3-6,8H2,1-2H3,(H,13,14). The Balaban J connectivity index is 1.79. The highest BCUT2D eigenvalue weighted by Gasteiger charge is 2.14. The first-order valence-corrected chi connectivity index (χ1v) is 6.03. The van der Waals surface area contributed by atoms with E-state index in [2.05, 4.69) is 30.1 Å². The topological polar surface area (TPSA) is 47.1 Å². The van der Waals surface area contributed by atoms with Crippen molar-refractivity contribution in [3.05, 3.63) is 17.5 Å². The minimum absolute atomic E-state index is 0.0282. The van der Waals surface area contributed by atoms with Gasteiger partial charge in [0.25, 0.3) is 0 Å². The first-order chi connectivity index (χ1) is 7.75. The molecule has 4 nitrogen and oxygen atoms in total. The number of H-pyrrole nitrogens is 1. The van der Waals surface area contributed by atoms with Crippen molar-refractivity contribution in [3.63, 3.8) is 0 Å². The Labute approximate surface area is 96.3 Å². The molecule has 0 saturated carbocycles. The van der Waals surface area contributed by atoms with Crippen LogP contribution in [0.4, 0.5) is 0 Å². The van der Waals surface area contributed by atoms with E-state index in [0.29, 0.717) is 12.5 Å². The molecule has 1 fully saturated rings. The largest absolute Gasteiger partial charge is 0.353 e. The zero-order valence-electron chi connectivity index (χ0n) is 10.0. The van der Waals surface area contributed by atoms with Gasteiger partial charge in [0.05, 0.1) is 18.0 Å². The van der Waals surface area contributed by atoms with Crippen molar-refractivity contribution in [2.75, 3.05) is 6.61 Å². The van der Waals surface area contributed by atoms with E-state index in [-0.39, 0.29) is 6.29 Å². The van der Waals surface area contributed by atoms with Crippen molar-refractivity contribution >= 4 is 0 Å². The highest BCUT2D eigenvalue weighted by molar-refractivity contribution is 5.10. The van der Waals surface area contributed by atoms with Crippen LogP contribution in [0.1, 0.15) is 50.4 Å². The van der Waals surface area contributed by atoms with Crippen LogP contribution < -0.4 is 0 Å². The third-order valence-electron chi connectivity index (χ3n) is 2.80. The van der Waals surface area contributed by atoms with E-state index in [1.807, 2.05) is 0 Å². The number of aromatic amines is 1. The minimum atomic E-state index is -0.0282. The van der Waals surface area contributed by atoms with Gasteiger partial charge in [0, 0.05) is 6.61 Å². The van der Waals surface area contributed by atoms with E-state index in [1.165, 1.54) is 6.42 Å². The van der Waals surface area contributed by atoms with Gasteiger partial charge in [0.15, 0.2) is 6.29 Å². The van der Waals surface area contributed by atoms with E-state index in [9.17, 15) is 0 Å². The lowest BCUT2D eigenvalue weighted by molar-refractivity contribution is -0.169. The molecule has 0 amide bonds. The van der Waals surface area contributed by atoms with Gasteiger partial charge in [0.1, 0.15) is 0 Å². The summed E-state index contributed by atoms with van der Waals surface area (Å²) >= 11 is 0. The summed E-state index contributed by atoms with van der Waals surface area (Å²) in [5.41, 5.74) is 2.11. The monoisotopic (exact) mass is 224 g/mol. The number of rotatable bonds is 4. The van der Waals surface area contributed by atoms with Crippen LogP contribution >= 0.6 is 0 Å². The molecule has 1 saturated heterocycles. The molecule has 16 heavy (non-hydrogen) atoms. The van der Waals surface area contributed by atoms with Crippen LogP contribution in [0.2, 0.25) is 0 Å². The number of hydrogen-bond donors (Lipinski definition) is 1. The molecular formula is C12H20N2O2. The van der Waals surface area contributed by atoms with Crippen molar-refractivity contribution in [3.8, 4) is 0 Å². The van der Waals surface area contributed by atoms with E-state index < -0.39 is 0 Å². The highest BCUT2D eigenvalue weighted by Crippen LogP contribution is 2.16. The van der Waals surface area contributed by atoms with Crippen LogP contribution in [-0.2, 0) is 16.1 Å². The molecule has 0 bridgehead atoms. The molecule has 1 unspecified atom stereocenters. The van der Waals surface area contributed by atoms with Crippen molar-refractivity contribution < 1.29 is 9.47 Å². The summed E-state index contributed by atoms with van der Waals surface area (Å²) in [7, 11) is 0. The first-order valence-electron chi connectivity index (χ1n) is 6.03. The molecule has 1 aromatic heterocycles. The maximum Gasteiger partial charge on any atom is 0.158 e. The molecule has 0 aliphatic carbocycles. The lowest BCUT2D eigenvalue weighted by Crippen LogP contribution is -2.22. The van der Waals surface area contributed by atoms with Crippen LogP contribution in [0.25, 0.3) is 0 Å². The predicted molar refractivity (Wildman–Crippen MR) is 61.1 cm³/mol. The Morgan fingerprint density at radius 3 is 3.06 bits per heavy atom. The van der Waals surface area contributed by atoms with Crippen LogP contribution in [0.15, 0.2) is 6.07 Å². The Bertz CT molecular complexity index is 317. The Morgan fingerprint density at radius 1 is 1.56 bits per heavy atom. The van der Waals surface area contributed by atoms with Crippen LogP contribution in [-0.4, -0.2) is 23.1 Å². The fourth-order valence-electron chi connectivity index (χ4n) is 1.77. The van der Waals surface area contributed by atoms with Gasteiger partial charge < -0.3 is 9.47 Å². The maximum absolute atomic E-state index is 5.67. The molecule has 2 heterocycles. The summed E-state index contributed by atoms with van der Waals surface area (Å²) in [4.78, 5) is 0. The second kappa shape index (κ2) is 5.46. The molecule has 0 aromatic carbocycles. The molecule has 0 radical (unpaired) electrons. The zero-order valence-corrected chi connectivity index (χ0v) is 10.0. The average molecular weight is 224 g/mol. The number of nitrogens with one attached hydrogen (secondary N) is 1. The van der Waals surface area contributed by atoms with Gasteiger partial charge in [0.2, 0.25) is 0 Å². The van der Waals surface area contributed by atoms with Gasteiger partial charge in [-0.05, 0) is 31.2 Å². The fraction of sp³-hybridized carbons (Fsp3) is 0.750. The maximum atomic E-state index is 5.67. The van der Waals surface area contributed by atoms with E-state index in [1.54, 1.807) is 0 Å². The highest BCUT2D eigenvalue weighted by atomic mass is 16.7. The normalized spacial score (nSPS) is 21.6. The Kier molecular flexibility index (Phi) is 3.96. The molecule has 90 valence electrons. The van der Waals surface area contributed by atoms with Crippen molar-refractivity contribution in [2.45, 2.75) is 51.9 Å². The second-order valence-corrected chi connectivity index (χ2v) is 4.58. The van der Waals surface area contributed by atoms with Gasteiger partial charge in [-0.3, -0.25) is 5.10 Å². The Hall–Kier alpha value is -0.870. The van der Waals surface area contributed by atoms with Crippen molar-refractivity contribution in [2.24, 2.45) is 0 Å². The third-order valence-corrected chi connectivity index (χ3v) is 2.80. The molecule has 4 heteroatoms. The molecule has 1 N–H and O–H groups in total. The molecule has 2 rings (SSSR count). The third kappa shape index (κ3) is 3.06. The van der Waals surface area contributed by atoms with Crippen LogP contribution in [0.5, 0.6) is 0 Å². The second-order valence-electron chi connectivity index (χ2n) is 4.58. The summed E-state index contributed by atoms with van der Waals surface area (Å²) in [6.45, 7) is 5.64. The summed E-state index contributed by atoms with van der Waals surface area (Å²) in [6.07, 6.45) is 3.33. The van der Waals surface area contributed by atoms with Crippen LogP contribution in [0.3, 0.4) is 0 Å². The zero-order chi connectivity index (χ0) is 11.4. The lowest BCUT2D eigenvalue weighted by atomic mass is 10.1. The van der Waals surface area contributed by atoms with E-state index >= 15 is 0 Å².